The van der Waals surface area contributed by atoms with Crippen LogP contribution < -0.4 is 11.3 Å². The summed E-state index contributed by atoms with van der Waals surface area (Å²) in [6, 6.07) is 2.41. The fraction of sp³-hybridized carbons (Fsp3) is 0.667. The van der Waals surface area contributed by atoms with Crippen LogP contribution in [-0.2, 0) is 0 Å². The fourth-order valence-electron chi connectivity index (χ4n) is 5.05. The van der Waals surface area contributed by atoms with E-state index >= 15 is 0 Å². The van der Waals surface area contributed by atoms with Gasteiger partial charge < -0.3 is 0 Å². The molecule has 0 amide bonds. The number of rotatable bonds is 3. The van der Waals surface area contributed by atoms with Crippen molar-refractivity contribution in [2.45, 2.75) is 32.2 Å². The Bertz CT molecular complexity index is 457. The molecule has 3 N–H and O–H groups in total. The van der Waals surface area contributed by atoms with Crippen molar-refractivity contribution < 1.29 is 0 Å². The van der Waals surface area contributed by atoms with Crippen LogP contribution in [0.1, 0.15) is 36.4 Å². The van der Waals surface area contributed by atoms with E-state index in [4.69, 9.17) is 5.84 Å². The Balaban J connectivity index is 1.63. The first kappa shape index (κ1) is 10.9. The van der Waals surface area contributed by atoms with Crippen molar-refractivity contribution in [1.29, 1.82) is 0 Å². The Morgan fingerprint density at radius 1 is 1.33 bits per heavy atom. The van der Waals surface area contributed by atoms with Gasteiger partial charge in [-0.25, -0.2) is 0 Å². The van der Waals surface area contributed by atoms with Crippen LogP contribution in [0.4, 0.5) is 0 Å². The van der Waals surface area contributed by atoms with E-state index in [1.54, 1.807) is 0 Å². The molecule has 3 nitrogen and oxygen atoms in total. The van der Waals surface area contributed by atoms with Crippen molar-refractivity contribution in [3.05, 3.63) is 29.6 Å². The number of hydrazine groups is 1. The number of aryl methyl sites for hydroxylation is 1. The summed E-state index contributed by atoms with van der Waals surface area (Å²) in [4.78, 5) is 4.28. The Morgan fingerprint density at radius 2 is 2.06 bits per heavy atom. The molecule has 96 valence electrons. The van der Waals surface area contributed by atoms with Crippen LogP contribution >= 0.6 is 0 Å². The van der Waals surface area contributed by atoms with Gasteiger partial charge in [0.15, 0.2) is 0 Å². The van der Waals surface area contributed by atoms with Crippen molar-refractivity contribution in [3.8, 4) is 0 Å². The fourth-order valence-corrected chi connectivity index (χ4v) is 5.05. The van der Waals surface area contributed by atoms with Crippen molar-refractivity contribution in [3.63, 3.8) is 0 Å². The Morgan fingerprint density at radius 3 is 2.67 bits per heavy atom. The van der Waals surface area contributed by atoms with E-state index in [9.17, 15) is 0 Å². The lowest BCUT2D eigenvalue weighted by molar-refractivity contribution is 0.372. The molecule has 18 heavy (non-hydrogen) atoms. The lowest BCUT2D eigenvalue weighted by atomic mass is 9.92. The van der Waals surface area contributed by atoms with Crippen LogP contribution in [-0.4, -0.2) is 4.98 Å². The smallest absolute Gasteiger partial charge is 0.0511 e. The molecule has 0 radical (unpaired) electrons. The number of pyridine rings is 1. The SMILES string of the molecule is Cc1ccncc1C(NN)C1C2C3CCC(C3)C21. The molecule has 0 saturated heterocycles. The van der Waals surface area contributed by atoms with Crippen LogP contribution in [0.3, 0.4) is 0 Å². The highest BCUT2D eigenvalue weighted by Gasteiger charge is 2.66. The topological polar surface area (TPSA) is 50.9 Å². The molecule has 4 rings (SSSR count). The predicted molar refractivity (Wildman–Crippen MR) is 70.3 cm³/mol. The zero-order valence-corrected chi connectivity index (χ0v) is 10.8. The van der Waals surface area contributed by atoms with Gasteiger partial charge in [-0.3, -0.25) is 16.3 Å². The summed E-state index contributed by atoms with van der Waals surface area (Å²) in [6.45, 7) is 2.16. The standard InChI is InChI=1S/C15H21N3/c1-8-4-5-17-7-11(8)15(18-16)14-12-9-2-3-10(6-9)13(12)14/h4-5,7,9-10,12-15,18H,2-3,6,16H2,1H3. The zero-order chi connectivity index (χ0) is 12.3. The number of hydrogen-bond donors (Lipinski definition) is 2. The minimum Gasteiger partial charge on any atom is -0.271 e. The second kappa shape index (κ2) is 3.78. The maximum Gasteiger partial charge on any atom is 0.0511 e. The lowest BCUT2D eigenvalue weighted by Crippen LogP contribution is -2.32. The predicted octanol–water partition coefficient (Wildman–Crippen LogP) is 2.19. The molecule has 0 aromatic carbocycles. The van der Waals surface area contributed by atoms with Crippen molar-refractivity contribution in [2.75, 3.05) is 0 Å². The van der Waals surface area contributed by atoms with Gasteiger partial charge in [0.1, 0.15) is 0 Å². The van der Waals surface area contributed by atoms with Crippen molar-refractivity contribution in [1.82, 2.24) is 10.4 Å². The zero-order valence-electron chi connectivity index (χ0n) is 10.8. The molecule has 0 spiro atoms. The van der Waals surface area contributed by atoms with Gasteiger partial charge in [-0.15, -0.1) is 0 Å². The molecule has 1 aromatic rings. The number of nitrogens with two attached hydrogens (primary N) is 1. The molecule has 1 heterocycles. The third-order valence-corrected chi connectivity index (χ3v) is 5.77. The third kappa shape index (κ3) is 1.35. The van der Waals surface area contributed by atoms with E-state index in [1.165, 1.54) is 30.4 Å². The van der Waals surface area contributed by atoms with E-state index in [0.29, 0.717) is 6.04 Å². The highest BCUT2D eigenvalue weighted by molar-refractivity contribution is 5.29. The highest BCUT2D eigenvalue weighted by atomic mass is 15.2. The number of nitrogens with zero attached hydrogens (tertiary/aromatic N) is 1. The Kier molecular flexibility index (Phi) is 2.30. The summed E-state index contributed by atoms with van der Waals surface area (Å²) >= 11 is 0. The molecule has 3 fully saturated rings. The number of nitrogens with one attached hydrogen (secondary N) is 1. The first-order valence-corrected chi connectivity index (χ1v) is 7.18. The van der Waals surface area contributed by atoms with Gasteiger partial charge >= 0.3 is 0 Å². The van der Waals surface area contributed by atoms with Gasteiger partial charge in [0.25, 0.3) is 0 Å². The molecule has 1 aromatic heterocycles. The van der Waals surface area contributed by atoms with E-state index in [-0.39, 0.29) is 0 Å². The Labute approximate surface area is 108 Å². The monoisotopic (exact) mass is 243 g/mol. The minimum atomic E-state index is 0.317. The van der Waals surface area contributed by atoms with Crippen molar-refractivity contribution >= 4 is 0 Å². The van der Waals surface area contributed by atoms with E-state index in [1.807, 2.05) is 12.4 Å². The normalized spacial score (nSPS) is 41.8. The molecule has 5 atom stereocenters. The highest BCUT2D eigenvalue weighted by Crippen LogP contribution is 2.72. The second-order valence-electron chi connectivity index (χ2n) is 6.44. The van der Waals surface area contributed by atoms with Crippen LogP contribution in [0.25, 0.3) is 0 Å². The van der Waals surface area contributed by atoms with Gasteiger partial charge in [0.2, 0.25) is 0 Å². The van der Waals surface area contributed by atoms with Gasteiger partial charge in [-0.2, -0.15) is 0 Å². The molecule has 3 saturated carbocycles. The van der Waals surface area contributed by atoms with E-state index in [0.717, 1.165) is 29.6 Å². The van der Waals surface area contributed by atoms with Gasteiger partial charge in [-0.05, 0) is 73.0 Å². The average molecular weight is 243 g/mol. The molecule has 3 heteroatoms. The number of fused-ring (bicyclic) bond motifs is 5. The molecule has 5 unspecified atom stereocenters. The van der Waals surface area contributed by atoms with Crippen LogP contribution in [0, 0.1) is 36.5 Å². The minimum absolute atomic E-state index is 0.317. The quantitative estimate of drug-likeness (QED) is 0.632. The molecule has 3 aliphatic rings. The molecular weight excluding hydrogens is 222 g/mol. The Hall–Kier alpha value is -0.930. The van der Waals surface area contributed by atoms with Gasteiger partial charge in [0, 0.05) is 12.4 Å². The first-order chi connectivity index (χ1) is 8.81. The van der Waals surface area contributed by atoms with E-state index in [2.05, 4.69) is 23.4 Å². The van der Waals surface area contributed by atoms with Crippen LogP contribution in [0.15, 0.2) is 18.5 Å². The maximum absolute atomic E-state index is 5.85. The number of hydrogen-bond acceptors (Lipinski definition) is 3. The van der Waals surface area contributed by atoms with Crippen molar-refractivity contribution in [2.24, 2.45) is 35.4 Å². The second-order valence-corrected chi connectivity index (χ2v) is 6.44. The van der Waals surface area contributed by atoms with Gasteiger partial charge in [0.05, 0.1) is 6.04 Å². The summed E-state index contributed by atoms with van der Waals surface area (Å²) in [5.74, 6) is 10.5. The maximum atomic E-state index is 5.85. The largest absolute Gasteiger partial charge is 0.271 e. The summed E-state index contributed by atoms with van der Waals surface area (Å²) in [7, 11) is 0. The number of aromatic nitrogens is 1. The first-order valence-electron chi connectivity index (χ1n) is 7.18. The molecular formula is C15H21N3. The van der Waals surface area contributed by atoms with Gasteiger partial charge in [-0.1, -0.05) is 0 Å². The summed E-state index contributed by atoms with van der Waals surface area (Å²) in [6.07, 6.45) is 8.28. The average Bonchev–Trinajstić information content (AvgIpc) is 2.81. The van der Waals surface area contributed by atoms with E-state index < -0.39 is 0 Å². The summed E-state index contributed by atoms with van der Waals surface area (Å²) < 4.78 is 0. The molecule has 0 aliphatic heterocycles. The summed E-state index contributed by atoms with van der Waals surface area (Å²) in [5, 5.41) is 0. The molecule has 2 bridgehead atoms. The van der Waals surface area contributed by atoms with Crippen LogP contribution in [0.5, 0.6) is 0 Å². The summed E-state index contributed by atoms with van der Waals surface area (Å²) in [5.41, 5.74) is 5.69. The molecule has 3 aliphatic carbocycles. The third-order valence-electron chi connectivity index (χ3n) is 5.77. The lowest BCUT2D eigenvalue weighted by Gasteiger charge is -2.21. The van der Waals surface area contributed by atoms with Crippen LogP contribution in [0.2, 0.25) is 0 Å².